The van der Waals surface area contributed by atoms with E-state index in [-0.39, 0.29) is 11.2 Å². The van der Waals surface area contributed by atoms with Crippen LogP contribution in [0.2, 0.25) is 0 Å². The predicted octanol–water partition coefficient (Wildman–Crippen LogP) is 5.71. The summed E-state index contributed by atoms with van der Waals surface area (Å²) in [6.45, 7) is 4.59. The zero-order valence-corrected chi connectivity index (χ0v) is 18.5. The van der Waals surface area contributed by atoms with Gasteiger partial charge in [-0.1, -0.05) is 31.9 Å². The van der Waals surface area contributed by atoms with Crippen LogP contribution in [0.4, 0.5) is 0 Å². The normalized spacial score (nSPS) is 15.5. The van der Waals surface area contributed by atoms with Crippen LogP contribution in [0, 0.1) is 0 Å². The maximum absolute atomic E-state index is 13.6. The summed E-state index contributed by atoms with van der Waals surface area (Å²) in [5.74, 6) is 0.814. The van der Waals surface area contributed by atoms with Crippen LogP contribution in [0.15, 0.2) is 45.6 Å². The summed E-state index contributed by atoms with van der Waals surface area (Å²) in [4.78, 5) is 20.7. The van der Waals surface area contributed by atoms with Crippen molar-refractivity contribution in [2.24, 2.45) is 0 Å². The molecule has 31 heavy (non-hydrogen) atoms. The minimum Gasteiger partial charge on any atom is -0.507 e. The lowest BCUT2D eigenvalue weighted by molar-refractivity contribution is 0.272. The second-order valence-corrected chi connectivity index (χ2v) is 9.23. The van der Waals surface area contributed by atoms with Crippen LogP contribution in [0.3, 0.4) is 0 Å². The number of para-hydroxylation sites is 1. The van der Waals surface area contributed by atoms with Gasteiger partial charge in [0.2, 0.25) is 5.43 Å². The Morgan fingerprint density at radius 3 is 2.61 bits per heavy atom. The first-order valence-electron chi connectivity index (χ1n) is 11.0. The Hall–Kier alpha value is -2.70. The van der Waals surface area contributed by atoms with E-state index in [9.17, 15) is 9.90 Å². The van der Waals surface area contributed by atoms with Crippen molar-refractivity contribution in [2.75, 3.05) is 13.1 Å². The number of aryl methyl sites for hydroxylation is 1. The summed E-state index contributed by atoms with van der Waals surface area (Å²) >= 11 is 1.51. The van der Waals surface area contributed by atoms with Gasteiger partial charge in [0.05, 0.1) is 26.7 Å². The van der Waals surface area contributed by atoms with Crippen molar-refractivity contribution >= 4 is 32.5 Å². The minimum absolute atomic E-state index is 0.0747. The van der Waals surface area contributed by atoms with Crippen LogP contribution in [-0.2, 0) is 13.0 Å². The van der Waals surface area contributed by atoms with Crippen molar-refractivity contribution < 1.29 is 9.52 Å². The van der Waals surface area contributed by atoms with Crippen LogP contribution in [0.25, 0.3) is 31.8 Å². The molecule has 0 atom stereocenters. The maximum atomic E-state index is 13.6. The van der Waals surface area contributed by atoms with Crippen LogP contribution in [0.1, 0.15) is 43.9 Å². The molecule has 1 N–H and O–H groups in total. The first-order valence-corrected chi connectivity index (χ1v) is 11.9. The number of thiazole rings is 1. The van der Waals surface area contributed by atoms with E-state index in [1.165, 1.54) is 24.2 Å². The summed E-state index contributed by atoms with van der Waals surface area (Å²) in [7, 11) is 0. The molecule has 3 heterocycles. The third-order valence-corrected chi connectivity index (χ3v) is 7.17. The highest BCUT2D eigenvalue weighted by atomic mass is 32.1. The Labute approximate surface area is 185 Å². The standard InChI is InChI=1S/C25H26N2O3S/c1-2-20-22(25-26-18-9-5-6-10-21(18)31-25)23(29)16-11-12-19(28)17(24(16)30-20)15-27-13-7-3-4-8-14-27/h5-6,9-12,28H,2-4,7-8,13-15H2,1H3. The monoisotopic (exact) mass is 434 g/mol. The summed E-state index contributed by atoms with van der Waals surface area (Å²) in [5.41, 5.74) is 2.58. The number of nitrogens with zero attached hydrogens (tertiary/aromatic N) is 2. The molecular weight excluding hydrogens is 408 g/mol. The molecule has 0 bridgehead atoms. The van der Waals surface area contributed by atoms with Gasteiger partial charge in [0, 0.05) is 13.0 Å². The fourth-order valence-corrected chi connectivity index (χ4v) is 5.49. The molecule has 1 aliphatic rings. The van der Waals surface area contributed by atoms with Crippen molar-refractivity contribution in [3.05, 3.63) is 57.9 Å². The van der Waals surface area contributed by atoms with Crippen molar-refractivity contribution in [1.29, 1.82) is 0 Å². The van der Waals surface area contributed by atoms with Gasteiger partial charge in [-0.2, -0.15) is 0 Å². The lowest BCUT2D eigenvalue weighted by atomic mass is 10.0. The maximum Gasteiger partial charge on any atom is 0.203 e. The van der Waals surface area contributed by atoms with Gasteiger partial charge in [-0.25, -0.2) is 4.98 Å². The predicted molar refractivity (Wildman–Crippen MR) is 126 cm³/mol. The van der Waals surface area contributed by atoms with E-state index in [4.69, 9.17) is 9.40 Å². The van der Waals surface area contributed by atoms with Crippen LogP contribution in [0.5, 0.6) is 5.75 Å². The molecule has 0 unspecified atom stereocenters. The molecule has 5 rings (SSSR count). The van der Waals surface area contributed by atoms with Gasteiger partial charge in [0.15, 0.2) is 0 Å². The Morgan fingerprint density at radius 2 is 1.87 bits per heavy atom. The molecule has 0 spiro atoms. The van der Waals surface area contributed by atoms with E-state index in [0.717, 1.165) is 36.1 Å². The average molecular weight is 435 g/mol. The third kappa shape index (κ3) is 3.75. The summed E-state index contributed by atoms with van der Waals surface area (Å²) in [6, 6.07) is 11.2. The first kappa shape index (κ1) is 20.2. The van der Waals surface area contributed by atoms with E-state index >= 15 is 0 Å². The molecule has 1 saturated heterocycles. The smallest absolute Gasteiger partial charge is 0.203 e. The van der Waals surface area contributed by atoms with Crippen molar-refractivity contribution in [3.63, 3.8) is 0 Å². The number of rotatable bonds is 4. The highest BCUT2D eigenvalue weighted by Gasteiger charge is 2.22. The molecular formula is C25H26N2O3S. The number of hydrogen-bond acceptors (Lipinski definition) is 6. The lowest BCUT2D eigenvalue weighted by Crippen LogP contribution is -2.24. The Kier molecular flexibility index (Phi) is 5.50. The average Bonchev–Trinajstić information content (AvgIpc) is 3.03. The number of phenols is 1. The fourth-order valence-electron chi connectivity index (χ4n) is 4.46. The number of aromatic nitrogens is 1. The Balaban J connectivity index is 1.67. The van der Waals surface area contributed by atoms with Gasteiger partial charge in [-0.15, -0.1) is 11.3 Å². The Morgan fingerprint density at radius 1 is 1.10 bits per heavy atom. The second kappa shape index (κ2) is 8.44. The minimum atomic E-state index is -0.0747. The van der Waals surface area contributed by atoms with E-state index in [1.54, 1.807) is 12.1 Å². The summed E-state index contributed by atoms with van der Waals surface area (Å²) in [5, 5.41) is 11.8. The number of hydrogen-bond donors (Lipinski definition) is 1. The quantitative estimate of drug-likeness (QED) is 0.445. The number of phenolic OH excluding ortho intramolecular Hbond substituents is 1. The van der Waals surface area contributed by atoms with Crippen molar-refractivity contribution in [1.82, 2.24) is 9.88 Å². The first-order chi connectivity index (χ1) is 15.2. The van der Waals surface area contributed by atoms with Gasteiger partial charge in [0.1, 0.15) is 22.1 Å². The van der Waals surface area contributed by atoms with Crippen molar-refractivity contribution in [2.45, 2.75) is 45.6 Å². The van der Waals surface area contributed by atoms with E-state index < -0.39 is 0 Å². The van der Waals surface area contributed by atoms with Gasteiger partial charge >= 0.3 is 0 Å². The highest BCUT2D eigenvalue weighted by molar-refractivity contribution is 7.21. The molecule has 2 aromatic carbocycles. The van der Waals surface area contributed by atoms with Crippen LogP contribution >= 0.6 is 11.3 Å². The number of aromatic hydroxyl groups is 1. The zero-order valence-electron chi connectivity index (χ0n) is 17.7. The van der Waals surface area contributed by atoms with E-state index in [0.29, 0.717) is 45.8 Å². The van der Waals surface area contributed by atoms with Gasteiger partial charge < -0.3 is 9.52 Å². The van der Waals surface area contributed by atoms with E-state index in [1.807, 2.05) is 31.2 Å². The number of likely N-dealkylation sites (tertiary alicyclic amines) is 1. The third-order valence-electron chi connectivity index (χ3n) is 6.12. The largest absolute Gasteiger partial charge is 0.507 e. The molecule has 0 radical (unpaired) electrons. The zero-order chi connectivity index (χ0) is 21.4. The van der Waals surface area contributed by atoms with Crippen LogP contribution < -0.4 is 5.43 Å². The van der Waals surface area contributed by atoms with E-state index in [2.05, 4.69) is 4.90 Å². The fraction of sp³-hybridized carbons (Fsp3) is 0.360. The SMILES string of the molecule is CCc1oc2c(CN3CCCCCC3)c(O)ccc2c(=O)c1-c1nc2ccccc2s1. The molecule has 1 fully saturated rings. The molecule has 160 valence electrons. The molecule has 2 aromatic heterocycles. The second-order valence-electron chi connectivity index (χ2n) is 8.20. The lowest BCUT2D eigenvalue weighted by Gasteiger charge is -2.21. The molecule has 0 saturated carbocycles. The molecule has 1 aliphatic heterocycles. The van der Waals surface area contributed by atoms with Crippen molar-refractivity contribution in [3.8, 4) is 16.3 Å². The molecule has 6 heteroatoms. The topological polar surface area (TPSA) is 66.6 Å². The highest BCUT2D eigenvalue weighted by Crippen LogP contribution is 2.35. The molecule has 5 nitrogen and oxygen atoms in total. The van der Waals surface area contributed by atoms with Crippen LogP contribution in [-0.4, -0.2) is 28.1 Å². The van der Waals surface area contributed by atoms with Gasteiger partial charge in [-0.3, -0.25) is 9.69 Å². The van der Waals surface area contributed by atoms with Gasteiger partial charge in [0.25, 0.3) is 0 Å². The number of fused-ring (bicyclic) bond motifs is 2. The molecule has 4 aromatic rings. The summed E-state index contributed by atoms with van der Waals surface area (Å²) in [6.07, 6.45) is 5.40. The molecule has 0 amide bonds. The summed E-state index contributed by atoms with van der Waals surface area (Å²) < 4.78 is 7.39. The van der Waals surface area contributed by atoms with Gasteiger partial charge in [-0.05, 0) is 50.2 Å². The molecule has 0 aliphatic carbocycles. The number of benzene rings is 2. The Bertz CT molecular complexity index is 1270.